The Hall–Kier alpha value is -3.81. The van der Waals surface area contributed by atoms with E-state index in [4.69, 9.17) is 9.05 Å². The summed E-state index contributed by atoms with van der Waals surface area (Å²) in [6.45, 7) is 3.93. The molecule has 14 heteroatoms. The molecule has 166 valence electrons. The number of hydrogen-bond acceptors (Lipinski definition) is 8. The van der Waals surface area contributed by atoms with Crippen LogP contribution in [0.2, 0.25) is 0 Å². The number of anilines is 2. The molecule has 0 radical (unpaired) electrons. The van der Waals surface area contributed by atoms with Crippen molar-refractivity contribution in [1.82, 2.24) is 20.4 Å². The van der Waals surface area contributed by atoms with Gasteiger partial charge in [-0.2, -0.15) is 13.2 Å². The highest BCUT2D eigenvalue weighted by Gasteiger charge is 2.34. The molecule has 0 spiro atoms. The van der Waals surface area contributed by atoms with Crippen molar-refractivity contribution in [3.05, 3.63) is 52.9 Å². The standard InChI is InChI=1S/C18H14F3N7O3S/c1-9-15(10(2)30-26-9)11-3-4-12(22-5-11)7-28-8-13(31-27-28)24-17(29)25-14-6-23-16(32-14)18(19,20)21/h3-6,8H,7H2,1-2H3,(H-,24,25,27,29)/p+1. The Morgan fingerprint density at radius 1 is 1.16 bits per heavy atom. The molecule has 2 N–H and O–H groups in total. The van der Waals surface area contributed by atoms with Gasteiger partial charge >= 0.3 is 18.1 Å². The van der Waals surface area contributed by atoms with Crippen LogP contribution < -0.4 is 15.3 Å². The molecule has 4 aromatic rings. The highest BCUT2D eigenvalue weighted by Crippen LogP contribution is 2.34. The van der Waals surface area contributed by atoms with Crippen LogP contribution in [0.4, 0.5) is 28.9 Å². The van der Waals surface area contributed by atoms with Crippen LogP contribution in [0.5, 0.6) is 0 Å². The monoisotopic (exact) mass is 466 g/mol. The quantitative estimate of drug-likeness (QED) is 0.429. The van der Waals surface area contributed by atoms with Gasteiger partial charge in [0.15, 0.2) is 5.01 Å². The van der Waals surface area contributed by atoms with Gasteiger partial charge in [0.25, 0.3) is 6.20 Å². The smallest absolute Gasteiger partial charge is 0.361 e. The molecule has 0 atom stereocenters. The summed E-state index contributed by atoms with van der Waals surface area (Å²) in [5.74, 6) is 0.695. The predicted molar refractivity (Wildman–Crippen MR) is 105 cm³/mol. The number of nitrogens with zero attached hydrogens (tertiary/aromatic N) is 5. The molecule has 4 aromatic heterocycles. The van der Waals surface area contributed by atoms with Crippen LogP contribution in [0, 0.1) is 13.8 Å². The molecule has 10 nitrogen and oxygen atoms in total. The third-order valence-corrected chi connectivity index (χ3v) is 5.16. The van der Waals surface area contributed by atoms with Crippen molar-refractivity contribution >= 4 is 28.3 Å². The van der Waals surface area contributed by atoms with E-state index in [-0.39, 0.29) is 17.4 Å². The van der Waals surface area contributed by atoms with Crippen LogP contribution in [0.3, 0.4) is 0 Å². The van der Waals surface area contributed by atoms with E-state index in [1.165, 1.54) is 10.9 Å². The van der Waals surface area contributed by atoms with Gasteiger partial charge in [-0.1, -0.05) is 22.6 Å². The van der Waals surface area contributed by atoms with Crippen LogP contribution in [0.15, 0.2) is 39.8 Å². The first-order chi connectivity index (χ1) is 15.2. The van der Waals surface area contributed by atoms with Crippen LogP contribution in [0.1, 0.15) is 22.2 Å². The second-order valence-electron chi connectivity index (χ2n) is 6.61. The number of urea groups is 1. The van der Waals surface area contributed by atoms with Gasteiger partial charge in [-0.3, -0.25) is 20.1 Å². The van der Waals surface area contributed by atoms with Crippen molar-refractivity contribution < 1.29 is 31.7 Å². The van der Waals surface area contributed by atoms with Crippen LogP contribution in [-0.4, -0.2) is 26.4 Å². The lowest BCUT2D eigenvalue weighted by molar-refractivity contribution is -0.755. The summed E-state index contributed by atoms with van der Waals surface area (Å²) in [5, 5.41) is 11.2. The summed E-state index contributed by atoms with van der Waals surface area (Å²) in [4.78, 5) is 19.6. The van der Waals surface area contributed by atoms with E-state index in [0.29, 0.717) is 22.8 Å². The molecule has 0 saturated heterocycles. The van der Waals surface area contributed by atoms with E-state index in [9.17, 15) is 18.0 Å². The number of alkyl halides is 3. The topological polar surface area (TPSA) is 123 Å². The lowest BCUT2D eigenvalue weighted by Crippen LogP contribution is -2.35. The Labute approximate surface area is 182 Å². The van der Waals surface area contributed by atoms with Gasteiger partial charge in [0.05, 0.1) is 11.9 Å². The Bertz CT molecular complexity index is 1230. The number of thiazole rings is 1. The fraction of sp³-hybridized carbons (Fsp3) is 0.222. The molecule has 0 aliphatic heterocycles. The van der Waals surface area contributed by atoms with Crippen molar-refractivity contribution in [3.8, 4) is 11.1 Å². The maximum atomic E-state index is 12.6. The molecule has 0 saturated carbocycles. The van der Waals surface area contributed by atoms with Crippen molar-refractivity contribution in [2.75, 3.05) is 10.6 Å². The minimum atomic E-state index is -4.57. The van der Waals surface area contributed by atoms with Gasteiger partial charge in [0.1, 0.15) is 16.5 Å². The molecule has 0 bridgehead atoms. The molecule has 0 fully saturated rings. The molecular weight excluding hydrogens is 451 g/mol. The van der Waals surface area contributed by atoms with Crippen molar-refractivity contribution in [3.63, 3.8) is 0 Å². The first-order valence-electron chi connectivity index (χ1n) is 9.04. The number of nitrogens with one attached hydrogen (secondary N) is 2. The molecule has 32 heavy (non-hydrogen) atoms. The molecule has 0 aliphatic carbocycles. The number of rotatable bonds is 5. The Morgan fingerprint density at radius 2 is 1.97 bits per heavy atom. The second-order valence-corrected chi connectivity index (χ2v) is 7.64. The molecule has 0 aromatic carbocycles. The van der Waals surface area contributed by atoms with Crippen molar-refractivity contribution in [1.29, 1.82) is 0 Å². The van der Waals surface area contributed by atoms with E-state index in [0.717, 1.165) is 23.0 Å². The van der Waals surface area contributed by atoms with Gasteiger partial charge < -0.3 is 4.52 Å². The van der Waals surface area contributed by atoms with Gasteiger partial charge in [-0.15, -0.1) is 0 Å². The molecule has 0 unspecified atom stereocenters. The normalized spacial score (nSPS) is 11.5. The van der Waals surface area contributed by atoms with Crippen molar-refractivity contribution in [2.24, 2.45) is 0 Å². The number of halogens is 3. The SMILES string of the molecule is Cc1noc(C)c1-c1ccc(C[n+]2cc(NC(=O)Nc3cnc(C(F)(F)F)s3)on2)nc1. The lowest BCUT2D eigenvalue weighted by atomic mass is 10.1. The number of carbonyl (C=O) groups is 1. The van der Waals surface area contributed by atoms with E-state index in [2.05, 4.69) is 31.0 Å². The van der Waals surface area contributed by atoms with E-state index >= 15 is 0 Å². The number of amides is 2. The maximum Gasteiger partial charge on any atom is 0.443 e. The lowest BCUT2D eigenvalue weighted by Gasteiger charge is -2.01. The molecular formula is C18H15F3N7O3S+. The summed E-state index contributed by atoms with van der Waals surface area (Å²) in [7, 11) is 0. The van der Waals surface area contributed by atoms with Crippen molar-refractivity contribution in [2.45, 2.75) is 26.6 Å². The van der Waals surface area contributed by atoms with Crippen LogP contribution in [0.25, 0.3) is 11.1 Å². The second kappa shape index (κ2) is 8.37. The Balaban J connectivity index is 1.35. The third-order valence-electron chi connectivity index (χ3n) is 4.20. The Morgan fingerprint density at radius 3 is 2.59 bits per heavy atom. The maximum absolute atomic E-state index is 12.6. The minimum Gasteiger partial charge on any atom is -0.361 e. The zero-order valence-corrected chi connectivity index (χ0v) is 17.4. The van der Waals surface area contributed by atoms with E-state index in [1.54, 1.807) is 6.20 Å². The zero-order chi connectivity index (χ0) is 22.9. The largest absolute Gasteiger partial charge is 0.443 e. The third kappa shape index (κ3) is 4.74. The summed E-state index contributed by atoms with van der Waals surface area (Å²) >= 11 is 0.310. The molecule has 0 aliphatic rings. The van der Waals surface area contributed by atoms with Crippen LogP contribution >= 0.6 is 11.3 Å². The fourth-order valence-corrected chi connectivity index (χ4v) is 3.53. The van der Waals surface area contributed by atoms with Gasteiger partial charge in [-0.25, -0.2) is 9.78 Å². The highest BCUT2D eigenvalue weighted by atomic mass is 32.1. The minimum absolute atomic E-state index is 0.00426. The first-order valence-corrected chi connectivity index (χ1v) is 9.86. The Kier molecular flexibility index (Phi) is 5.61. The average Bonchev–Trinajstić information content (AvgIpc) is 3.44. The van der Waals surface area contributed by atoms with Crippen LogP contribution in [-0.2, 0) is 12.7 Å². The number of aryl methyl sites for hydroxylation is 2. The number of hydrogen-bond donors (Lipinski definition) is 2. The number of carbonyl (C=O) groups excluding carboxylic acids is 1. The highest BCUT2D eigenvalue weighted by molar-refractivity contribution is 7.16. The van der Waals surface area contributed by atoms with E-state index in [1.807, 2.05) is 26.0 Å². The summed E-state index contributed by atoms with van der Waals surface area (Å²) in [6, 6.07) is 2.89. The van der Waals surface area contributed by atoms with Gasteiger partial charge in [0, 0.05) is 17.3 Å². The number of aromatic nitrogens is 5. The fourth-order valence-electron chi connectivity index (χ4n) is 2.85. The summed E-state index contributed by atoms with van der Waals surface area (Å²) in [6.07, 6.45) is -0.543. The van der Waals surface area contributed by atoms with Gasteiger partial charge in [0.2, 0.25) is 11.8 Å². The van der Waals surface area contributed by atoms with Gasteiger partial charge in [-0.05, 0) is 24.6 Å². The first kappa shape index (κ1) is 21.4. The molecule has 4 heterocycles. The van der Waals surface area contributed by atoms with E-state index < -0.39 is 17.2 Å². The molecule has 2 amide bonds. The summed E-state index contributed by atoms with van der Waals surface area (Å²) in [5.41, 5.74) is 3.20. The summed E-state index contributed by atoms with van der Waals surface area (Å²) < 4.78 is 49.3. The zero-order valence-electron chi connectivity index (χ0n) is 16.6. The number of pyridine rings is 1. The molecule has 4 rings (SSSR count). The average molecular weight is 466 g/mol. The predicted octanol–water partition coefficient (Wildman–Crippen LogP) is 3.80.